The average Bonchev–Trinajstić information content (AvgIpc) is 2.41. The molecule has 7 heteroatoms. The highest BCUT2D eigenvalue weighted by molar-refractivity contribution is 7.80. The van der Waals surface area contributed by atoms with Gasteiger partial charge in [0.05, 0.1) is 10.0 Å². The summed E-state index contributed by atoms with van der Waals surface area (Å²) in [5.74, 6) is 0.152. The zero-order valence-corrected chi connectivity index (χ0v) is 12.5. The second-order valence-corrected chi connectivity index (χ2v) is 5.17. The molecule has 0 saturated heterocycles. The van der Waals surface area contributed by atoms with Crippen LogP contribution in [0.2, 0.25) is 10.0 Å². The predicted molar refractivity (Wildman–Crippen MR) is 83.7 cm³/mol. The Hall–Kier alpha value is -1.43. The van der Waals surface area contributed by atoms with E-state index in [2.05, 4.69) is 15.6 Å². The van der Waals surface area contributed by atoms with Gasteiger partial charge in [-0.1, -0.05) is 35.3 Å². The lowest BCUT2D eigenvalue weighted by atomic mass is 10.2. The van der Waals surface area contributed by atoms with Gasteiger partial charge in [0.2, 0.25) is 0 Å². The van der Waals surface area contributed by atoms with E-state index in [1.807, 2.05) is 0 Å². The van der Waals surface area contributed by atoms with E-state index in [9.17, 15) is 4.39 Å². The Morgan fingerprint density at radius 3 is 2.60 bits per heavy atom. The molecule has 2 aromatic rings. The van der Waals surface area contributed by atoms with Crippen LogP contribution in [0.1, 0.15) is 5.56 Å². The molecule has 0 unspecified atom stereocenters. The summed E-state index contributed by atoms with van der Waals surface area (Å²) in [4.78, 5) is 4.03. The van der Waals surface area contributed by atoms with Crippen LogP contribution in [0.4, 0.5) is 10.2 Å². The van der Waals surface area contributed by atoms with E-state index in [0.29, 0.717) is 27.5 Å². The van der Waals surface area contributed by atoms with Gasteiger partial charge in [-0.3, -0.25) is 0 Å². The monoisotopic (exact) mass is 329 g/mol. The Kier molecular flexibility index (Phi) is 5.11. The van der Waals surface area contributed by atoms with Gasteiger partial charge in [-0.05, 0) is 36.0 Å². The lowest BCUT2D eigenvalue weighted by molar-refractivity contribution is 0.627. The molecular weight excluding hydrogens is 320 g/mol. The van der Waals surface area contributed by atoms with Gasteiger partial charge >= 0.3 is 0 Å². The van der Waals surface area contributed by atoms with Crippen LogP contribution in [0.5, 0.6) is 0 Å². The molecule has 0 atom stereocenters. The van der Waals surface area contributed by atoms with Crippen LogP contribution in [0.25, 0.3) is 0 Å². The zero-order valence-electron chi connectivity index (χ0n) is 10.2. The van der Waals surface area contributed by atoms with Gasteiger partial charge in [-0.2, -0.15) is 0 Å². The fourth-order valence-electron chi connectivity index (χ4n) is 1.44. The number of hydrogen-bond donors (Lipinski definition) is 2. The van der Waals surface area contributed by atoms with E-state index < -0.39 is 0 Å². The fourth-order valence-corrected chi connectivity index (χ4v) is 2.04. The molecule has 0 spiro atoms. The van der Waals surface area contributed by atoms with Crippen LogP contribution in [-0.4, -0.2) is 10.1 Å². The number of aromatic nitrogens is 1. The van der Waals surface area contributed by atoms with Crippen molar-refractivity contribution in [3.63, 3.8) is 0 Å². The molecule has 0 aliphatic carbocycles. The van der Waals surface area contributed by atoms with Crippen LogP contribution < -0.4 is 10.6 Å². The van der Waals surface area contributed by atoms with Gasteiger partial charge in [0.25, 0.3) is 0 Å². The van der Waals surface area contributed by atoms with E-state index in [0.717, 1.165) is 5.56 Å². The highest BCUT2D eigenvalue weighted by Crippen LogP contribution is 2.22. The summed E-state index contributed by atoms with van der Waals surface area (Å²) >= 11 is 16.8. The fraction of sp³-hybridized carbons (Fsp3) is 0.0769. The van der Waals surface area contributed by atoms with E-state index in [-0.39, 0.29) is 5.82 Å². The molecule has 0 radical (unpaired) electrons. The molecule has 0 fully saturated rings. The lowest BCUT2D eigenvalue weighted by Crippen LogP contribution is -2.28. The maximum Gasteiger partial charge on any atom is 0.172 e. The number of nitrogens with zero attached hydrogens (tertiary/aromatic N) is 1. The predicted octanol–water partition coefficient (Wildman–Crippen LogP) is 4.01. The third-order valence-electron chi connectivity index (χ3n) is 2.41. The van der Waals surface area contributed by atoms with Crippen LogP contribution in [0, 0.1) is 5.82 Å². The number of benzene rings is 1. The molecule has 1 aromatic heterocycles. The number of hydrogen-bond acceptors (Lipinski definition) is 2. The summed E-state index contributed by atoms with van der Waals surface area (Å²) in [5.41, 5.74) is 0.908. The average molecular weight is 330 g/mol. The Morgan fingerprint density at radius 1 is 1.25 bits per heavy atom. The molecule has 20 heavy (non-hydrogen) atoms. The minimum absolute atomic E-state index is 0.272. The molecule has 0 aliphatic rings. The number of pyridine rings is 1. The van der Waals surface area contributed by atoms with Crippen molar-refractivity contribution in [2.75, 3.05) is 5.32 Å². The summed E-state index contributed by atoms with van der Waals surface area (Å²) in [7, 11) is 0. The van der Waals surface area contributed by atoms with Crippen LogP contribution in [-0.2, 0) is 6.54 Å². The molecule has 2 N–H and O–H groups in total. The van der Waals surface area contributed by atoms with Crippen molar-refractivity contribution in [3.05, 3.63) is 58.0 Å². The van der Waals surface area contributed by atoms with Crippen LogP contribution >= 0.6 is 35.4 Å². The van der Waals surface area contributed by atoms with E-state index >= 15 is 0 Å². The maximum absolute atomic E-state index is 12.8. The molecule has 3 nitrogen and oxygen atoms in total. The van der Waals surface area contributed by atoms with Gasteiger partial charge < -0.3 is 10.6 Å². The first kappa shape index (κ1) is 15.0. The smallest absolute Gasteiger partial charge is 0.172 e. The molecule has 0 saturated carbocycles. The molecule has 1 aromatic carbocycles. The summed E-state index contributed by atoms with van der Waals surface area (Å²) < 4.78 is 12.8. The third kappa shape index (κ3) is 4.30. The van der Waals surface area contributed by atoms with Gasteiger partial charge in [0.15, 0.2) is 10.9 Å². The zero-order chi connectivity index (χ0) is 14.5. The van der Waals surface area contributed by atoms with Crippen molar-refractivity contribution in [1.82, 2.24) is 10.3 Å². The molecule has 104 valence electrons. The largest absolute Gasteiger partial charge is 0.358 e. The van der Waals surface area contributed by atoms with Crippen molar-refractivity contribution in [3.8, 4) is 0 Å². The Labute approximate surface area is 131 Å². The van der Waals surface area contributed by atoms with Crippen LogP contribution in [0.3, 0.4) is 0 Å². The van der Waals surface area contributed by atoms with E-state index in [1.54, 1.807) is 18.2 Å². The number of nitrogens with one attached hydrogen (secondary N) is 2. The highest BCUT2D eigenvalue weighted by Gasteiger charge is 2.05. The Morgan fingerprint density at radius 2 is 1.95 bits per heavy atom. The van der Waals surface area contributed by atoms with E-state index in [1.165, 1.54) is 18.3 Å². The summed E-state index contributed by atoms with van der Waals surface area (Å²) in [6.45, 7) is 0.470. The van der Waals surface area contributed by atoms with Crippen molar-refractivity contribution < 1.29 is 4.39 Å². The SMILES string of the molecule is Fc1ccc(CNC(=S)Nc2ncc(Cl)cc2Cl)cc1. The first-order valence-electron chi connectivity index (χ1n) is 5.65. The standard InChI is InChI=1S/C13H10Cl2FN3S/c14-9-5-11(15)12(17-7-9)19-13(20)18-6-8-1-3-10(16)4-2-8/h1-5,7H,6H2,(H2,17,18,19,20). The first-order chi connectivity index (χ1) is 9.54. The number of thiocarbonyl (C=S) groups is 1. The molecule has 0 bridgehead atoms. The number of halogens is 3. The van der Waals surface area contributed by atoms with Gasteiger partial charge in [-0.25, -0.2) is 9.37 Å². The minimum atomic E-state index is -0.272. The Balaban J connectivity index is 1.90. The summed E-state index contributed by atoms with van der Waals surface area (Å²) in [5, 5.41) is 7.03. The van der Waals surface area contributed by atoms with Crippen molar-refractivity contribution >= 4 is 46.4 Å². The van der Waals surface area contributed by atoms with E-state index in [4.69, 9.17) is 35.4 Å². The molecule has 1 heterocycles. The van der Waals surface area contributed by atoms with Crippen molar-refractivity contribution in [2.45, 2.75) is 6.54 Å². The van der Waals surface area contributed by atoms with Crippen LogP contribution in [0.15, 0.2) is 36.5 Å². The van der Waals surface area contributed by atoms with Gasteiger partial charge in [-0.15, -0.1) is 0 Å². The highest BCUT2D eigenvalue weighted by atomic mass is 35.5. The second kappa shape index (κ2) is 6.83. The molecule has 2 rings (SSSR count). The first-order valence-corrected chi connectivity index (χ1v) is 6.81. The van der Waals surface area contributed by atoms with Gasteiger partial charge in [0.1, 0.15) is 5.82 Å². The Bertz CT molecular complexity index is 620. The summed E-state index contributed by atoms with van der Waals surface area (Å²) in [6.07, 6.45) is 1.47. The van der Waals surface area contributed by atoms with Gasteiger partial charge in [0, 0.05) is 12.7 Å². The van der Waals surface area contributed by atoms with Crippen molar-refractivity contribution in [2.24, 2.45) is 0 Å². The summed E-state index contributed by atoms with van der Waals surface area (Å²) in [6, 6.07) is 7.72. The molecule has 0 amide bonds. The molecule has 0 aliphatic heterocycles. The second-order valence-electron chi connectivity index (χ2n) is 3.92. The molecular formula is C13H10Cl2FN3S. The quantitative estimate of drug-likeness (QED) is 0.834. The third-order valence-corrected chi connectivity index (χ3v) is 3.15. The van der Waals surface area contributed by atoms with Crippen molar-refractivity contribution in [1.29, 1.82) is 0 Å². The topological polar surface area (TPSA) is 37.0 Å². The maximum atomic E-state index is 12.8. The lowest BCUT2D eigenvalue weighted by Gasteiger charge is -2.11. The number of anilines is 1. The number of rotatable bonds is 3. The normalized spacial score (nSPS) is 10.2. The minimum Gasteiger partial charge on any atom is -0.358 e.